The molecule has 3 heterocycles. The molecule has 0 spiro atoms. The molecule has 2 aliphatic rings. The van der Waals surface area contributed by atoms with E-state index < -0.39 is 0 Å². The van der Waals surface area contributed by atoms with Crippen molar-refractivity contribution in [1.29, 1.82) is 0 Å². The molecular formula is C22H26N6O3. The first-order valence-corrected chi connectivity index (χ1v) is 10.3. The van der Waals surface area contributed by atoms with E-state index >= 15 is 0 Å². The van der Waals surface area contributed by atoms with Crippen LogP contribution in [0, 0.1) is 0 Å². The van der Waals surface area contributed by atoms with Gasteiger partial charge in [-0.1, -0.05) is 12.1 Å². The van der Waals surface area contributed by atoms with E-state index in [-0.39, 0.29) is 30.4 Å². The first-order chi connectivity index (χ1) is 14.9. The quantitative estimate of drug-likeness (QED) is 0.765. The van der Waals surface area contributed by atoms with Crippen molar-refractivity contribution in [3.63, 3.8) is 0 Å². The smallest absolute Gasteiger partial charge is 0.256 e. The average molecular weight is 422 g/mol. The zero-order valence-corrected chi connectivity index (χ0v) is 17.7. The number of carbonyl (C=O) groups is 3. The Morgan fingerprint density at radius 1 is 1.13 bits per heavy atom. The number of nitrogens with one attached hydrogen (secondary N) is 2. The van der Waals surface area contributed by atoms with Gasteiger partial charge < -0.3 is 20.4 Å². The maximum absolute atomic E-state index is 12.4. The topological polar surface area (TPSA) is 97.9 Å². The SMILES string of the molecule is CC(=O)N1CCN(CC(=O)Nc2ccc([C@H]3NC(=O)c4cccnc4N3C)cc2)CC1. The van der Waals surface area contributed by atoms with Crippen molar-refractivity contribution in [2.75, 3.05) is 50.0 Å². The molecule has 0 aliphatic carbocycles. The lowest BCUT2D eigenvalue weighted by Gasteiger charge is -2.35. The standard InChI is InChI=1S/C22H26N6O3/c1-15(29)28-12-10-27(11-13-28)14-19(30)24-17-7-5-16(6-8-17)20-25-22(31)18-4-3-9-23-21(18)26(20)2/h3-9,20H,10-14H2,1-2H3,(H,24,30)(H,25,31)/t20-/m0/s1. The molecule has 0 radical (unpaired) electrons. The largest absolute Gasteiger partial charge is 0.340 e. The van der Waals surface area contributed by atoms with E-state index in [1.807, 2.05) is 41.1 Å². The van der Waals surface area contributed by atoms with Crippen molar-refractivity contribution in [3.8, 4) is 0 Å². The number of aromatic nitrogens is 1. The predicted octanol–water partition coefficient (Wildman–Crippen LogP) is 1.06. The summed E-state index contributed by atoms with van der Waals surface area (Å²) >= 11 is 0. The molecule has 0 bridgehead atoms. The van der Waals surface area contributed by atoms with Crippen LogP contribution in [0.5, 0.6) is 0 Å². The summed E-state index contributed by atoms with van der Waals surface area (Å²) in [5.74, 6) is 0.459. The molecule has 2 aromatic rings. The number of hydrogen-bond acceptors (Lipinski definition) is 6. The molecule has 3 amide bonds. The number of hydrogen-bond donors (Lipinski definition) is 2. The molecule has 2 N–H and O–H groups in total. The number of rotatable bonds is 4. The summed E-state index contributed by atoms with van der Waals surface area (Å²) in [6.45, 7) is 4.53. The first-order valence-electron chi connectivity index (χ1n) is 10.3. The summed E-state index contributed by atoms with van der Waals surface area (Å²) in [5.41, 5.74) is 2.14. The van der Waals surface area contributed by atoms with Gasteiger partial charge in [-0.15, -0.1) is 0 Å². The third kappa shape index (κ3) is 4.51. The molecule has 9 heteroatoms. The number of carbonyl (C=O) groups excluding carboxylic acids is 3. The summed E-state index contributed by atoms with van der Waals surface area (Å²) in [6.07, 6.45) is 1.33. The normalized spacial score (nSPS) is 18.9. The number of benzene rings is 1. The van der Waals surface area contributed by atoms with E-state index in [1.165, 1.54) is 0 Å². The van der Waals surface area contributed by atoms with Gasteiger partial charge in [0.15, 0.2) is 0 Å². The van der Waals surface area contributed by atoms with Crippen LogP contribution in [0.3, 0.4) is 0 Å². The van der Waals surface area contributed by atoms with E-state index in [0.29, 0.717) is 43.2 Å². The third-order valence-corrected chi connectivity index (χ3v) is 5.72. The number of piperazine rings is 1. The Bertz CT molecular complexity index is 985. The van der Waals surface area contributed by atoms with E-state index in [2.05, 4.69) is 15.6 Å². The number of nitrogens with zero attached hydrogens (tertiary/aromatic N) is 4. The zero-order valence-electron chi connectivity index (χ0n) is 17.7. The van der Waals surface area contributed by atoms with Gasteiger partial charge >= 0.3 is 0 Å². The van der Waals surface area contributed by atoms with Gasteiger partial charge in [0, 0.05) is 52.0 Å². The van der Waals surface area contributed by atoms with Crippen LogP contribution in [0.15, 0.2) is 42.6 Å². The van der Waals surface area contributed by atoms with Crippen LogP contribution >= 0.6 is 0 Å². The van der Waals surface area contributed by atoms with Crippen molar-refractivity contribution in [2.24, 2.45) is 0 Å². The fourth-order valence-electron chi connectivity index (χ4n) is 3.96. The van der Waals surface area contributed by atoms with Crippen molar-refractivity contribution in [2.45, 2.75) is 13.1 Å². The van der Waals surface area contributed by atoms with Crippen molar-refractivity contribution in [3.05, 3.63) is 53.7 Å². The maximum atomic E-state index is 12.4. The minimum Gasteiger partial charge on any atom is -0.340 e. The lowest BCUT2D eigenvalue weighted by Crippen LogP contribution is -2.49. The molecule has 1 aromatic carbocycles. The molecule has 2 aliphatic heterocycles. The van der Waals surface area contributed by atoms with Gasteiger partial charge in [-0.25, -0.2) is 4.98 Å². The van der Waals surface area contributed by atoms with Crippen LogP contribution in [-0.4, -0.2) is 72.3 Å². The number of pyridine rings is 1. The predicted molar refractivity (Wildman–Crippen MR) is 117 cm³/mol. The Balaban J connectivity index is 1.35. The molecule has 4 rings (SSSR count). The summed E-state index contributed by atoms with van der Waals surface area (Å²) in [4.78, 5) is 46.3. The minimum atomic E-state index is -0.336. The number of fused-ring (bicyclic) bond motifs is 1. The van der Waals surface area contributed by atoms with Gasteiger partial charge in [0.2, 0.25) is 11.8 Å². The Kier molecular flexibility index (Phi) is 5.85. The molecule has 1 saturated heterocycles. The van der Waals surface area contributed by atoms with Crippen LogP contribution in [0.4, 0.5) is 11.5 Å². The molecule has 31 heavy (non-hydrogen) atoms. The first kappa shape index (κ1) is 20.8. The minimum absolute atomic E-state index is 0.0725. The monoisotopic (exact) mass is 422 g/mol. The van der Waals surface area contributed by atoms with Gasteiger partial charge in [0.1, 0.15) is 12.0 Å². The Morgan fingerprint density at radius 2 is 1.84 bits per heavy atom. The van der Waals surface area contributed by atoms with E-state index in [9.17, 15) is 14.4 Å². The second kappa shape index (κ2) is 8.73. The van der Waals surface area contributed by atoms with Gasteiger partial charge in [-0.05, 0) is 29.8 Å². The van der Waals surface area contributed by atoms with Gasteiger partial charge in [0.25, 0.3) is 5.91 Å². The molecule has 1 fully saturated rings. The maximum Gasteiger partial charge on any atom is 0.256 e. The second-order valence-corrected chi connectivity index (χ2v) is 7.81. The average Bonchev–Trinajstić information content (AvgIpc) is 2.77. The summed E-state index contributed by atoms with van der Waals surface area (Å²) in [6, 6.07) is 10.9. The van der Waals surface area contributed by atoms with Crippen LogP contribution in [0.25, 0.3) is 0 Å². The lowest BCUT2D eigenvalue weighted by atomic mass is 10.1. The Morgan fingerprint density at radius 3 is 2.52 bits per heavy atom. The fraction of sp³-hybridized carbons (Fsp3) is 0.364. The molecule has 0 unspecified atom stereocenters. The zero-order chi connectivity index (χ0) is 22.0. The number of anilines is 2. The molecule has 9 nitrogen and oxygen atoms in total. The highest BCUT2D eigenvalue weighted by molar-refractivity contribution is 6.01. The number of amides is 3. The molecular weight excluding hydrogens is 396 g/mol. The Labute approximate surface area is 181 Å². The van der Waals surface area contributed by atoms with Crippen molar-refractivity contribution in [1.82, 2.24) is 20.1 Å². The molecule has 0 saturated carbocycles. The van der Waals surface area contributed by atoms with E-state index in [0.717, 1.165) is 5.56 Å². The van der Waals surface area contributed by atoms with Gasteiger partial charge in [-0.2, -0.15) is 0 Å². The van der Waals surface area contributed by atoms with E-state index in [1.54, 1.807) is 30.2 Å². The lowest BCUT2D eigenvalue weighted by molar-refractivity contribution is -0.130. The van der Waals surface area contributed by atoms with E-state index in [4.69, 9.17) is 0 Å². The summed E-state index contributed by atoms with van der Waals surface area (Å²) in [5, 5.41) is 5.90. The van der Waals surface area contributed by atoms with Crippen LogP contribution < -0.4 is 15.5 Å². The second-order valence-electron chi connectivity index (χ2n) is 7.81. The molecule has 1 aromatic heterocycles. The summed E-state index contributed by atoms with van der Waals surface area (Å²) < 4.78 is 0. The van der Waals surface area contributed by atoms with Crippen LogP contribution in [0.2, 0.25) is 0 Å². The van der Waals surface area contributed by atoms with Gasteiger partial charge in [-0.3, -0.25) is 19.3 Å². The summed E-state index contributed by atoms with van der Waals surface area (Å²) in [7, 11) is 1.89. The third-order valence-electron chi connectivity index (χ3n) is 5.72. The highest BCUT2D eigenvalue weighted by Crippen LogP contribution is 2.30. The fourth-order valence-corrected chi connectivity index (χ4v) is 3.96. The molecule has 162 valence electrons. The Hall–Kier alpha value is -3.46. The highest BCUT2D eigenvalue weighted by atomic mass is 16.2. The molecule has 1 atom stereocenters. The van der Waals surface area contributed by atoms with Crippen LogP contribution in [-0.2, 0) is 9.59 Å². The van der Waals surface area contributed by atoms with Crippen LogP contribution in [0.1, 0.15) is 29.0 Å². The van der Waals surface area contributed by atoms with Crippen molar-refractivity contribution < 1.29 is 14.4 Å². The van der Waals surface area contributed by atoms with Gasteiger partial charge in [0.05, 0.1) is 12.1 Å². The van der Waals surface area contributed by atoms with Crippen molar-refractivity contribution >= 4 is 29.2 Å². The highest BCUT2D eigenvalue weighted by Gasteiger charge is 2.30.